The van der Waals surface area contributed by atoms with E-state index in [1.807, 2.05) is 6.07 Å². The lowest BCUT2D eigenvalue weighted by molar-refractivity contribution is -0.112. The molecule has 158 valence electrons. The first-order valence-electron chi connectivity index (χ1n) is 9.14. The highest BCUT2D eigenvalue weighted by atomic mass is 19.3. The summed E-state index contributed by atoms with van der Waals surface area (Å²) in [5.41, 5.74) is 0.363. The van der Waals surface area contributed by atoms with Crippen LogP contribution in [-0.2, 0) is 11.8 Å². The van der Waals surface area contributed by atoms with E-state index >= 15 is 0 Å². The average Bonchev–Trinajstić information content (AvgIpc) is 2.96. The number of carbonyl (C=O) groups excluding carboxylic acids is 1. The van der Waals surface area contributed by atoms with Crippen LogP contribution in [0.1, 0.15) is 11.3 Å². The second kappa shape index (κ2) is 9.09. The number of rotatable bonds is 6. The fourth-order valence-corrected chi connectivity index (χ4v) is 3.00. The summed E-state index contributed by atoms with van der Waals surface area (Å²) in [4.78, 5) is 25.6. The summed E-state index contributed by atoms with van der Waals surface area (Å²) < 4.78 is 32.6. The van der Waals surface area contributed by atoms with E-state index in [0.29, 0.717) is 11.4 Å². The summed E-state index contributed by atoms with van der Waals surface area (Å²) in [5, 5.41) is 11.9. The maximum Gasteiger partial charge on any atom is 0.387 e. The average molecular weight is 424 g/mol. The molecular formula is C22H18F2N4O3. The Morgan fingerprint density at radius 3 is 2.45 bits per heavy atom. The van der Waals surface area contributed by atoms with Gasteiger partial charge in [0.25, 0.3) is 11.5 Å². The van der Waals surface area contributed by atoms with E-state index in [9.17, 15) is 23.6 Å². The lowest BCUT2D eigenvalue weighted by Gasteiger charge is -2.08. The number of benzene rings is 2. The van der Waals surface area contributed by atoms with E-state index in [-0.39, 0.29) is 22.6 Å². The van der Waals surface area contributed by atoms with Crippen LogP contribution in [0.2, 0.25) is 0 Å². The zero-order chi connectivity index (χ0) is 22.5. The minimum atomic E-state index is -3.06. The number of hydrogen-bond acceptors (Lipinski definition) is 4. The number of para-hydroxylation sites is 2. The van der Waals surface area contributed by atoms with E-state index in [2.05, 4.69) is 10.1 Å². The lowest BCUT2D eigenvalue weighted by atomic mass is 10.1. The second-order valence-corrected chi connectivity index (χ2v) is 6.48. The highest BCUT2D eigenvalue weighted by Gasteiger charge is 2.20. The highest BCUT2D eigenvalue weighted by molar-refractivity contribution is 6.10. The molecule has 0 saturated heterocycles. The predicted octanol–water partition coefficient (Wildman–Crippen LogP) is 3.63. The van der Waals surface area contributed by atoms with Gasteiger partial charge in [0.15, 0.2) is 0 Å². The summed E-state index contributed by atoms with van der Waals surface area (Å²) in [6, 6.07) is 16.3. The fraction of sp³-hybridized carbons (Fsp3) is 0.136. The van der Waals surface area contributed by atoms with Crippen LogP contribution in [0.25, 0.3) is 11.8 Å². The molecule has 0 fully saturated rings. The Labute approximate surface area is 176 Å². The van der Waals surface area contributed by atoms with Crippen molar-refractivity contribution in [3.8, 4) is 17.5 Å². The molecule has 0 bridgehead atoms. The Morgan fingerprint density at radius 1 is 1.16 bits per heavy atom. The zero-order valence-corrected chi connectivity index (χ0v) is 16.7. The fourth-order valence-electron chi connectivity index (χ4n) is 3.00. The molecule has 1 amide bonds. The Bertz CT molecular complexity index is 1240. The normalized spacial score (nSPS) is 11.3. The van der Waals surface area contributed by atoms with Gasteiger partial charge < -0.3 is 10.1 Å². The largest absolute Gasteiger partial charge is 0.434 e. The summed E-state index contributed by atoms with van der Waals surface area (Å²) in [7, 11) is 1.67. The van der Waals surface area contributed by atoms with E-state index in [1.165, 1.54) is 22.9 Å². The molecule has 0 aliphatic heterocycles. The first-order valence-corrected chi connectivity index (χ1v) is 9.14. The van der Waals surface area contributed by atoms with Crippen LogP contribution in [0.15, 0.2) is 65.0 Å². The van der Waals surface area contributed by atoms with Gasteiger partial charge in [0, 0.05) is 12.6 Å². The van der Waals surface area contributed by atoms with Gasteiger partial charge in [-0.25, -0.2) is 4.68 Å². The number of halogens is 2. The molecule has 1 N–H and O–H groups in total. The standard InChI is InChI=1S/C22H18F2N4O3/c1-14-19(21(30)28(27(14)2)17-9-4-3-5-10-17)26-20(29)16(13-25)12-15-8-6-7-11-18(15)31-22(23)24/h3-12,22H,1-2H3,(H,26,29)/b16-12+. The van der Waals surface area contributed by atoms with Crippen molar-refractivity contribution < 1.29 is 18.3 Å². The number of aromatic nitrogens is 2. The van der Waals surface area contributed by atoms with Crippen molar-refractivity contribution in [3.05, 3.63) is 81.8 Å². The minimum Gasteiger partial charge on any atom is -0.434 e. The van der Waals surface area contributed by atoms with Crippen LogP contribution in [0.5, 0.6) is 5.75 Å². The van der Waals surface area contributed by atoms with E-state index < -0.39 is 18.1 Å². The lowest BCUT2D eigenvalue weighted by Crippen LogP contribution is -2.23. The smallest absolute Gasteiger partial charge is 0.387 e. The Kier molecular flexibility index (Phi) is 6.31. The summed E-state index contributed by atoms with van der Waals surface area (Å²) in [5.74, 6) is -1.03. The molecular weight excluding hydrogens is 406 g/mol. The monoisotopic (exact) mass is 424 g/mol. The van der Waals surface area contributed by atoms with Gasteiger partial charge in [-0.3, -0.25) is 14.3 Å². The van der Waals surface area contributed by atoms with Crippen molar-refractivity contribution >= 4 is 17.7 Å². The van der Waals surface area contributed by atoms with Gasteiger partial charge in [0.05, 0.1) is 11.4 Å². The summed E-state index contributed by atoms with van der Waals surface area (Å²) in [6.07, 6.45) is 1.13. The number of alkyl halides is 2. The van der Waals surface area contributed by atoms with Crippen LogP contribution in [-0.4, -0.2) is 21.9 Å². The molecule has 1 aromatic heterocycles. The summed E-state index contributed by atoms with van der Waals surface area (Å²) in [6.45, 7) is -1.41. The van der Waals surface area contributed by atoms with Gasteiger partial charge in [-0.15, -0.1) is 0 Å². The van der Waals surface area contributed by atoms with Gasteiger partial charge in [-0.2, -0.15) is 14.0 Å². The third-order valence-electron chi connectivity index (χ3n) is 4.59. The number of ether oxygens (including phenoxy) is 1. The van der Waals surface area contributed by atoms with E-state index in [0.717, 1.165) is 6.08 Å². The molecule has 3 rings (SSSR count). The van der Waals surface area contributed by atoms with Gasteiger partial charge >= 0.3 is 6.61 Å². The molecule has 7 nitrogen and oxygen atoms in total. The molecule has 0 spiro atoms. The van der Waals surface area contributed by atoms with Crippen LogP contribution >= 0.6 is 0 Å². The molecule has 0 aliphatic rings. The number of nitriles is 1. The molecule has 0 aliphatic carbocycles. The number of carbonyl (C=O) groups is 1. The van der Waals surface area contributed by atoms with E-state index in [1.54, 1.807) is 55.1 Å². The molecule has 0 unspecified atom stereocenters. The van der Waals surface area contributed by atoms with Crippen LogP contribution in [0.3, 0.4) is 0 Å². The first kappa shape index (κ1) is 21.5. The Morgan fingerprint density at radius 2 is 1.81 bits per heavy atom. The predicted molar refractivity (Wildman–Crippen MR) is 111 cm³/mol. The second-order valence-electron chi connectivity index (χ2n) is 6.48. The topological polar surface area (TPSA) is 89.1 Å². The molecule has 0 radical (unpaired) electrons. The van der Waals surface area contributed by atoms with Crippen LogP contribution in [0.4, 0.5) is 14.5 Å². The number of nitrogens with one attached hydrogen (secondary N) is 1. The van der Waals surface area contributed by atoms with Gasteiger partial charge in [-0.1, -0.05) is 36.4 Å². The van der Waals surface area contributed by atoms with Crippen molar-refractivity contribution in [3.63, 3.8) is 0 Å². The quantitative estimate of drug-likeness (QED) is 0.483. The molecule has 0 atom stereocenters. The number of amides is 1. The maximum absolute atomic E-state index is 12.9. The van der Waals surface area contributed by atoms with Crippen molar-refractivity contribution in [2.24, 2.45) is 7.05 Å². The number of nitrogens with zero attached hydrogens (tertiary/aromatic N) is 3. The highest BCUT2D eigenvalue weighted by Crippen LogP contribution is 2.23. The molecule has 31 heavy (non-hydrogen) atoms. The molecule has 9 heteroatoms. The Balaban J connectivity index is 1.96. The molecule has 1 heterocycles. The van der Waals surface area contributed by atoms with Gasteiger partial charge in [0.2, 0.25) is 0 Å². The summed E-state index contributed by atoms with van der Waals surface area (Å²) >= 11 is 0. The number of hydrogen-bond donors (Lipinski definition) is 1. The molecule has 3 aromatic rings. The van der Waals surface area contributed by atoms with Gasteiger partial charge in [-0.05, 0) is 31.2 Å². The molecule has 0 saturated carbocycles. The van der Waals surface area contributed by atoms with Crippen molar-refractivity contribution in [2.75, 3.05) is 5.32 Å². The van der Waals surface area contributed by atoms with Crippen molar-refractivity contribution in [2.45, 2.75) is 13.5 Å². The van der Waals surface area contributed by atoms with Crippen molar-refractivity contribution in [1.82, 2.24) is 9.36 Å². The first-order chi connectivity index (χ1) is 14.8. The Hall–Kier alpha value is -4.19. The van der Waals surface area contributed by atoms with Gasteiger partial charge in [0.1, 0.15) is 23.1 Å². The van der Waals surface area contributed by atoms with Crippen molar-refractivity contribution in [1.29, 1.82) is 5.26 Å². The minimum absolute atomic E-state index is 0.00891. The SMILES string of the molecule is Cc1c(NC(=O)/C(C#N)=C/c2ccccc2OC(F)F)c(=O)n(-c2ccccc2)n1C. The number of anilines is 1. The molecule has 2 aromatic carbocycles. The third kappa shape index (κ3) is 4.53. The third-order valence-corrected chi connectivity index (χ3v) is 4.59. The van der Waals surface area contributed by atoms with Crippen LogP contribution < -0.4 is 15.6 Å². The maximum atomic E-state index is 12.9. The zero-order valence-electron chi connectivity index (χ0n) is 16.7. The van der Waals surface area contributed by atoms with E-state index in [4.69, 9.17) is 0 Å². The van der Waals surface area contributed by atoms with Crippen LogP contribution in [0, 0.1) is 18.3 Å².